The Morgan fingerprint density at radius 1 is 1.06 bits per heavy atom. The van der Waals surface area contributed by atoms with Crippen LogP contribution in [0.1, 0.15) is 35.6 Å². The minimum atomic E-state index is -0.248. The maximum Gasteiger partial charge on any atom is 0.251 e. The number of ether oxygens (including phenoxy) is 2. The smallest absolute Gasteiger partial charge is 0.251 e. The number of hydrogen-bond donors (Lipinski definition) is 2. The van der Waals surface area contributed by atoms with Gasteiger partial charge in [0.15, 0.2) is 22.5 Å². The molecule has 0 aliphatic carbocycles. The largest absolute Gasteiger partial charge is 0.454 e. The Morgan fingerprint density at radius 3 is 2.61 bits per heavy atom. The number of hydrogen-bond acceptors (Lipinski definition) is 7. The van der Waals surface area contributed by atoms with E-state index in [2.05, 4.69) is 27.8 Å². The fraction of sp³-hybridized carbons (Fsp3) is 0.304. The van der Waals surface area contributed by atoms with Crippen molar-refractivity contribution >= 4 is 29.3 Å². The van der Waals surface area contributed by atoms with Crippen molar-refractivity contribution in [3.05, 3.63) is 59.4 Å². The third kappa shape index (κ3) is 5.46. The normalized spacial score (nSPS) is 11.9. The molecule has 2 N–H and O–H groups in total. The highest BCUT2D eigenvalue weighted by molar-refractivity contribution is 7.99. The average molecular weight is 468 g/mol. The van der Waals surface area contributed by atoms with Gasteiger partial charge in [-0.15, -0.1) is 10.2 Å². The molecule has 1 aliphatic rings. The second-order valence-corrected chi connectivity index (χ2v) is 8.22. The van der Waals surface area contributed by atoms with Gasteiger partial charge in [-0.1, -0.05) is 30.8 Å². The zero-order chi connectivity index (χ0) is 23.2. The van der Waals surface area contributed by atoms with E-state index in [0.29, 0.717) is 34.6 Å². The maximum atomic E-state index is 12.5. The number of aromatic nitrogens is 3. The summed E-state index contributed by atoms with van der Waals surface area (Å²) < 4.78 is 12.5. The van der Waals surface area contributed by atoms with Crippen molar-refractivity contribution in [2.75, 3.05) is 17.9 Å². The van der Waals surface area contributed by atoms with Crippen molar-refractivity contribution in [3.8, 4) is 11.5 Å². The molecule has 0 bridgehead atoms. The Morgan fingerprint density at radius 2 is 1.85 bits per heavy atom. The number of nitrogens with zero attached hydrogens (tertiary/aromatic N) is 3. The van der Waals surface area contributed by atoms with E-state index in [9.17, 15) is 9.59 Å². The van der Waals surface area contributed by atoms with Crippen molar-refractivity contribution in [1.82, 2.24) is 20.1 Å². The number of anilines is 1. The van der Waals surface area contributed by atoms with Crippen LogP contribution in [0, 0.1) is 0 Å². The lowest BCUT2D eigenvalue weighted by atomic mass is 10.1. The Kier molecular flexibility index (Phi) is 7.13. The van der Waals surface area contributed by atoms with Gasteiger partial charge in [0.1, 0.15) is 0 Å². The highest BCUT2D eigenvalue weighted by Crippen LogP contribution is 2.32. The molecule has 9 nitrogen and oxygen atoms in total. The predicted octanol–water partition coefficient (Wildman–Crippen LogP) is 3.25. The minimum absolute atomic E-state index is 0.118. The van der Waals surface area contributed by atoms with Crippen LogP contribution in [-0.2, 0) is 24.3 Å². The number of carbonyl (C=O) groups excluding carboxylic acids is 2. The Balaban J connectivity index is 1.31. The second kappa shape index (κ2) is 10.4. The molecule has 172 valence electrons. The van der Waals surface area contributed by atoms with Crippen LogP contribution in [-0.4, -0.2) is 39.1 Å². The summed E-state index contributed by atoms with van der Waals surface area (Å²) in [6.07, 6.45) is 0.955. The molecule has 2 heterocycles. The molecule has 3 aromatic rings. The van der Waals surface area contributed by atoms with Crippen molar-refractivity contribution in [3.63, 3.8) is 0 Å². The van der Waals surface area contributed by atoms with Gasteiger partial charge in [0, 0.05) is 17.8 Å². The molecular weight excluding hydrogens is 442 g/mol. The van der Waals surface area contributed by atoms with Gasteiger partial charge in [-0.3, -0.25) is 9.59 Å². The molecule has 0 unspecified atom stereocenters. The van der Waals surface area contributed by atoms with Gasteiger partial charge in [-0.05, 0) is 49.2 Å². The third-order valence-electron chi connectivity index (χ3n) is 5.13. The van der Waals surface area contributed by atoms with E-state index < -0.39 is 0 Å². The molecule has 0 spiro atoms. The van der Waals surface area contributed by atoms with Crippen LogP contribution in [0.3, 0.4) is 0 Å². The zero-order valence-corrected chi connectivity index (χ0v) is 19.3. The maximum absolute atomic E-state index is 12.5. The minimum Gasteiger partial charge on any atom is -0.454 e. The Bertz CT molecular complexity index is 1150. The van der Waals surface area contributed by atoms with Crippen LogP contribution in [0.2, 0.25) is 0 Å². The van der Waals surface area contributed by atoms with Gasteiger partial charge in [-0.2, -0.15) is 0 Å². The van der Waals surface area contributed by atoms with Crippen molar-refractivity contribution in [2.24, 2.45) is 0 Å². The number of amides is 2. The molecule has 0 atom stereocenters. The van der Waals surface area contributed by atoms with E-state index in [0.717, 1.165) is 12.1 Å². The lowest BCUT2D eigenvalue weighted by molar-refractivity contribution is -0.113. The number of fused-ring (bicyclic) bond motifs is 1. The molecular formula is C23H25N5O4S. The number of rotatable bonds is 9. The summed E-state index contributed by atoms with van der Waals surface area (Å²) in [6, 6.07) is 12.8. The highest BCUT2D eigenvalue weighted by atomic mass is 32.2. The van der Waals surface area contributed by atoms with Gasteiger partial charge < -0.3 is 24.7 Å². The quantitative estimate of drug-likeness (QED) is 0.465. The van der Waals surface area contributed by atoms with Crippen LogP contribution in [0.25, 0.3) is 0 Å². The summed E-state index contributed by atoms with van der Waals surface area (Å²) >= 11 is 1.31. The summed E-state index contributed by atoms with van der Waals surface area (Å²) in [7, 11) is 0. The van der Waals surface area contributed by atoms with Crippen LogP contribution >= 0.6 is 11.8 Å². The number of aryl methyl sites for hydroxylation is 1. The van der Waals surface area contributed by atoms with Gasteiger partial charge in [0.05, 0.1) is 12.3 Å². The van der Waals surface area contributed by atoms with E-state index in [4.69, 9.17) is 9.47 Å². The predicted molar refractivity (Wildman–Crippen MR) is 125 cm³/mol. The molecule has 4 rings (SSSR count). The highest BCUT2D eigenvalue weighted by Gasteiger charge is 2.18. The van der Waals surface area contributed by atoms with Gasteiger partial charge >= 0.3 is 0 Å². The summed E-state index contributed by atoms with van der Waals surface area (Å²) in [4.78, 5) is 24.9. The fourth-order valence-electron chi connectivity index (χ4n) is 3.32. The first-order chi connectivity index (χ1) is 16.1. The van der Waals surface area contributed by atoms with Crippen LogP contribution in [0.5, 0.6) is 11.5 Å². The fourth-order valence-corrected chi connectivity index (χ4v) is 4.15. The Hall–Kier alpha value is -3.53. The molecule has 1 aromatic heterocycles. The number of benzene rings is 2. The van der Waals surface area contributed by atoms with E-state index in [1.807, 2.05) is 35.8 Å². The topological polar surface area (TPSA) is 107 Å². The Labute approximate surface area is 195 Å². The lowest BCUT2D eigenvalue weighted by Gasteiger charge is -2.09. The zero-order valence-electron chi connectivity index (χ0n) is 18.5. The molecule has 0 fully saturated rings. The van der Waals surface area contributed by atoms with Gasteiger partial charge in [0.25, 0.3) is 5.91 Å². The summed E-state index contributed by atoms with van der Waals surface area (Å²) in [5.74, 6) is 1.63. The van der Waals surface area contributed by atoms with Gasteiger partial charge in [0.2, 0.25) is 12.7 Å². The van der Waals surface area contributed by atoms with E-state index in [-0.39, 0.29) is 30.9 Å². The number of nitrogens with one attached hydrogen (secondary N) is 2. The summed E-state index contributed by atoms with van der Waals surface area (Å²) in [5.41, 5.74) is 2.46. The van der Waals surface area contributed by atoms with Crippen molar-refractivity contribution in [2.45, 2.75) is 38.5 Å². The second-order valence-electron chi connectivity index (χ2n) is 7.28. The number of carbonyl (C=O) groups is 2. The molecule has 0 radical (unpaired) electrons. The first-order valence-corrected chi connectivity index (χ1v) is 11.7. The van der Waals surface area contributed by atoms with Crippen molar-refractivity contribution < 1.29 is 19.1 Å². The van der Waals surface area contributed by atoms with Crippen LogP contribution in [0.15, 0.2) is 47.6 Å². The molecule has 0 saturated carbocycles. The molecule has 2 amide bonds. The van der Waals surface area contributed by atoms with Crippen LogP contribution in [0.4, 0.5) is 5.69 Å². The molecule has 0 saturated heterocycles. The monoisotopic (exact) mass is 467 g/mol. The standard InChI is InChI=1S/C23H25N5O4S/c1-3-15-5-8-17(9-6-15)25-21(29)13-33-23-27-26-20(28(23)4-2)12-24-22(30)16-7-10-18-19(11-16)32-14-31-18/h5-11H,3-4,12-14H2,1-2H3,(H,24,30)(H,25,29). The molecule has 2 aromatic carbocycles. The summed E-state index contributed by atoms with van der Waals surface area (Å²) in [6.45, 7) is 5.04. The van der Waals surface area contributed by atoms with Crippen molar-refractivity contribution in [1.29, 1.82) is 0 Å². The SMILES string of the molecule is CCc1ccc(NC(=O)CSc2nnc(CNC(=O)c3ccc4c(c3)OCO4)n2CC)cc1. The average Bonchev–Trinajstić information content (AvgIpc) is 3.47. The molecule has 33 heavy (non-hydrogen) atoms. The lowest BCUT2D eigenvalue weighted by Crippen LogP contribution is -2.24. The van der Waals surface area contributed by atoms with E-state index >= 15 is 0 Å². The summed E-state index contributed by atoms with van der Waals surface area (Å²) in [5, 5.41) is 14.8. The third-order valence-corrected chi connectivity index (χ3v) is 6.10. The molecule has 10 heteroatoms. The first-order valence-electron chi connectivity index (χ1n) is 10.7. The number of thioether (sulfide) groups is 1. The van der Waals surface area contributed by atoms with E-state index in [1.165, 1.54) is 17.3 Å². The first kappa shape index (κ1) is 22.7. The van der Waals surface area contributed by atoms with E-state index in [1.54, 1.807) is 18.2 Å². The molecule has 1 aliphatic heterocycles. The van der Waals surface area contributed by atoms with Gasteiger partial charge in [-0.25, -0.2) is 0 Å². The van der Waals surface area contributed by atoms with Crippen LogP contribution < -0.4 is 20.1 Å².